The minimum Gasteiger partial charge on any atom is -0.494 e. The summed E-state index contributed by atoms with van der Waals surface area (Å²) in [5.74, 6) is -0.245. The predicted octanol–water partition coefficient (Wildman–Crippen LogP) is 4.01. The van der Waals surface area contributed by atoms with Gasteiger partial charge in [-0.2, -0.15) is 0 Å². The Morgan fingerprint density at radius 2 is 1.97 bits per heavy atom. The molecule has 3 aromatic rings. The van der Waals surface area contributed by atoms with E-state index in [1.807, 2.05) is 0 Å². The maximum atomic E-state index is 13.8. The number of methoxy groups -OCH3 is 1. The van der Waals surface area contributed by atoms with Crippen LogP contribution in [0, 0.1) is 11.6 Å². The number of hydrogen-bond acceptors (Lipinski definition) is 4. The number of carbonyl (C=O) groups is 1. The van der Waals surface area contributed by atoms with Crippen LogP contribution in [0.1, 0.15) is 11.3 Å². The number of amides is 2. The zero-order valence-electron chi connectivity index (χ0n) is 16.1. The molecular weight excluding hydrogens is 380 g/mol. The number of ether oxygens (including phenoxy) is 1. The molecule has 0 radical (unpaired) electrons. The summed E-state index contributed by atoms with van der Waals surface area (Å²) in [5, 5.41) is 2.78. The number of nitrogens with one attached hydrogen (secondary N) is 1. The van der Waals surface area contributed by atoms with Gasteiger partial charge in [0.1, 0.15) is 12.1 Å². The van der Waals surface area contributed by atoms with Crippen LogP contribution >= 0.6 is 0 Å². The topological polar surface area (TPSA) is 67.6 Å². The summed E-state index contributed by atoms with van der Waals surface area (Å²) in [5.41, 5.74) is 2.00. The number of carbonyl (C=O) groups excluding carboxylic acids is 1. The van der Waals surface area contributed by atoms with Crippen LogP contribution in [0.3, 0.4) is 0 Å². The van der Waals surface area contributed by atoms with E-state index in [0.29, 0.717) is 35.7 Å². The summed E-state index contributed by atoms with van der Waals surface area (Å²) in [4.78, 5) is 18.0. The van der Waals surface area contributed by atoms with Crippen LogP contribution in [-0.4, -0.2) is 36.6 Å². The maximum absolute atomic E-state index is 13.8. The second-order valence-electron chi connectivity index (χ2n) is 6.46. The molecule has 0 saturated carbocycles. The van der Waals surface area contributed by atoms with Gasteiger partial charge in [0.25, 0.3) is 0 Å². The lowest BCUT2D eigenvalue weighted by molar-refractivity contribution is 0.207. The summed E-state index contributed by atoms with van der Waals surface area (Å²) in [6.07, 6.45) is 1.98. The molecule has 0 aliphatic rings. The number of aromatic nitrogens is 1. The van der Waals surface area contributed by atoms with E-state index in [9.17, 15) is 13.6 Å². The normalized spacial score (nSPS) is 10.6. The third-order valence-corrected chi connectivity index (χ3v) is 4.28. The van der Waals surface area contributed by atoms with Crippen LogP contribution in [0.25, 0.3) is 11.5 Å². The highest BCUT2D eigenvalue weighted by Gasteiger charge is 2.12. The van der Waals surface area contributed by atoms with E-state index in [-0.39, 0.29) is 24.1 Å². The molecule has 2 amide bonds. The average Bonchev–Trinajstić information content (AvgIpc) is 3.17. The monoisotopic (exact) mass is 401 g/mol. The fourth-order valence-electron chi connectivity index (χ4n) is 2.73. The van der Waals surface area contributed by atoms with Crippen molar-refractivity contribution in [2.24, 2.45) is 0 Å². The molecule has 2 aromatic carbocycles. The number of rotatable bonds is 7. The van der Waals surface area contributed by atoms with Gasteiger partial charge in [-0.1, -0.05) is 6.07 Å². The van der Waals surface area contributed by atoms with Gasteiger partial charge in [0.05, 0.1) is 12.8 Å². The first-order valence-corrected chi connectivity index (χ1v) is 8.98. The first kappa shape index (κ1) is 20.3. The van der Waals surface area contributed by atoms with Crippen LogP contribution in [-0.2, 0) is 13.0 Å². The van der Waals surface area contributed by atoms with Crippen LogP contribution < -0.4 is 10.1 Å². The highest BCUT2D eigenvalue weighted by molar-refractivity contribution is 5.73. The molecule has 0 saturated heterocycles. The van der Waals surface area contributed by atoms with Gasteiger partial charge in [0, 0.05) is 32.1 Å². The number of halogens is 2. The zero-order valence-corrected chi connectivity index (χ0v) is 16.1. The molecule has 29 heavy (non-hydrogen) atoms. The predicted molar refractivity (Wildman–Crippen MR) is 103 cm³/mol. The molecule has 1 heterocycles. The van der Waals surface area contributed by atoms with Crippen molar-refractivity contribution in [2.45, 2.75) is 13.0 Å². The Bertz CT molecular complexity index is 974. The Morgan fingerprint density at radius 1 is 1.21 bits per heavy atom. The molecule has 0 spiro atoms. The average molecular weight is 401 g/mol. The Kier molecular flexibility index (Phi) is 6.43. The quantitative estimate of drug-likeness (QED) is 0.650. The molecule has 0 aliphatic carbocycles. The smallest absolute Gasteiger partial charge is 0.317 e. The highest BCUT2D eigenvalue weighted by atomic mass is 19.1. The summed E-state index contributed by atoms with van der Waals surface area (Å²) < 4.78 is 37.0. The summed E-state index contributed by atoms with van der Waals surface area (Å²) >= 11 is 0. The molecule has 0 aliphatic heterocycles. The molecule has 8 heteroatoms. The number of benzene rings is 2. The minimum atomic E-state index is -0.471. The van der Waals surface area contributed by atoms with Crippen molar-refractivity contribution < 1.29 is 22.7 Å². The van der Waals surface area contributed by atoms with Crippen molar-refractivity contribution >= 4 is 6.03 Å². The second-order valence-corrected chi connectivity index (χ2v) is 6.46. The van der Waals surface area contributed by atoms with Crippen molar-refractivity contribution in [2.75, 3.05) is 20.7 Å². The van der Waals surface area contributed by atoms with E-state index in [0.717, 1.165) is 0 Å². The van der Waals surface area contributed by atoms with Gasteiger partial charge in [-0.25, -0.2) is 18.6 Å². The molecule has 6 nitrogen and oxygen atoms in total. The lowest BCUT2D eigenvalue weighted by atomic mass is 10.2. The first-order valence-electron chi connectivity index (χ1n) is 8.98. The molecular formula is C21H21F2N3O3. The molecule has 0 bridgehead atoms. The van der Waals surface area contributed by atoms with Crippen molar-refractivity contribution in [1.29, 1.82) is 0 Å². The van der Waals surface area contributed by atoms with Crippen molar-refractivity contribution in [3.63, 3.8) is 0 Å². The lowest BCUT2D eigenvalue weighted by Gasteiger charge is -2.18. The Hall–Kier alpha value is -3.42. The van der Waals surface area contributed by atoms with Gasteiger partial charge in [-0.05, 0) is 42.0 Å². The van der Waals surface area contributed by atoms with Gasteiger partial charge in [-0.3, -0.25) is 0 Å². The van der Waals surface area contributed by atoms with Gasteiger partial charge < -0.3 is 19.4 Å². The number of urea groups is 1. The second kappa shape index (κ2) is 9.18. The van der Waals surface area contributed by atoms with Gasteiger partial charge in [0.2, 0.25) is 5.89 Å². The third-order valence-electron chi connectivity index (χ3n) is 4.28. The highest BCUT2D eigenvalue weighted by Crippen LogP contribution is 2.19. The fraction of sp³-hybridized carbons (Fsp3) is 0.238. The fourth-order valence-corrected chi connectivity index (χ4v) is 2.73. The van der Waals surface area contributed by atoms with Gasteiger partial charge in [-0.15, -0.1) is 0 Å². The van der Waals surface area contributed by atoms with Crippen LogP contribution in [0.2, 0.25) is 0 Å². The molecule has 0 atom stereocenters. The van der Waals surface area contributed by atoms with E-state index in [1.165, 1.54) is 42.5 Å². The zero-order chi connectivity index (χ0) is 20.8. The molecule has 1 aromatic heterocycles. The van der Waals surface area contributed by atoms with E-state index in [4.69, 9.17) is 9.15 Å². The number of hydrogen-bond donors (Lipinski definition) is 1. The summed E-state index contributed by atoms with van der Waals surface area (Å²) in [7, 11) is 3.02. The Balaban J connectivity index is 1.48. The van der Waals surface area contributed by atoms with Gasteiger partial charge >= 0.3 is 6.03 Å². The van der Waals surface area contributed by atoms with E-state index < -0.39 is 5.82 Å². The number of nitrogens with zero attached hydrogens (tertiary/aromatic N) is 2. The molecule has 3 rings (SSSR count). The lowest BCUT2D eigenvalue weighted by Crippen LogP contribution is -2.37. The third kappa shape index (κ3) is 5.31. The van der Waals surface area contributed by atoms with Crippen molar-refractivity contribution in [1.82, 2.24) is 15.2 Å². The van der Waals surface area contributed by atoms with Crippen LogP contribution in [0.4, 0.5) is 13.6 Å². The van der Waals surface area contributed by atoms with Crippen LogP contribution in [0.15, 0.2) is 53.1 Å². The molecule has 0 fully saturated rings. The van der Waals surface area contributed by atoms with Crippen molar-refractivity contribution in [3.05, 3.63) is 71.6 Å². The Labute approximate surface area is 167 Å². The van der Waals surface area contributed by atoms with Crippen molar-refractivity contribution in [3.8, 4) is 17.2 Å². The van der Waals surface area contributed by atoms with E-state index in [2.05, 4.69) is 10.3 Å². The number of oxazole rings is 1. The minimum absolute atomic E-state index is 0.161. The molecule has 152 valence electrons. The van der Waals surface area contributed by atoms with Gasteiger partial charge in [0.15, 0.2) is 11.6 Å². The molecule has 1 N–H and O–H groups in total. The first-order chi connectivity index (χ1) is 14.0. The Morgan fingerprint density at radius 3 is 2.66 bits per heavy atom. The summed E-state index contributed by atoms with van der Waals surface area (Å²) in [6.45, 7) is 0.612. The molecule has 0 unspecified atom stereocenters. The van der Waals surface area contributed by atoms with E-state index >= 15 is 0 Å². The van der Waals surface area contributed by atoms with E-state index in [1.54, 1.807) is 25.2 Å². The summed E-state index contributed by atoms with van der Waals surface area (Å²) in [6, 6.07) is 10.1. The van der Waals surface area contributed by atoms with Crippen LogP contribution in [0.5, 0.6) is 5.75 Å². The standard InChI is InChI=1S/C21H21F2N3O3/c1-26(12-14-3-8-19(28-2)18(23)11-14)21(27)24-10-9-17-13-29-20(25-17)15-4-6-16(22)7-5-15/h3-8,11,13H,9-10,12H2,1-2H3,(H,24,27). The maximum Gasteiger partial charge on any atom is 0.317 e. The SMILES string of the molecule is COc1ccc(CN(C)C(=O)NCCc2coc(-c3ccc(F)cc3)n2)cc1F. The largest absolute Gasteiger partial charge is 0.494 e.